The van der Waals surface area contributed by atoms with E-state index in [2.05, 4.69) is 21.2 Å². The topological polar surface area (TPSA) is 121 Å². The van der Waals surface area contributed by atoms with Crippen LogP contribution in [0.2, 0.25) is 0 Å². The van der Waals surface area contributed by atoms with Gasteiger partial charge in [-0.15, -0.1) is 0 Å². The van der Waals surface area contributed by atoms with E-state index in [1.807, 2.05) is 0 Å². The SMILES string of the molecule is N#CC(C#N)=C(C#N)Nc1cc(Br)ccc1C=CC(=O)O. The first-order valence-electron chi connectivity index (χ1n) is 5.44. The molecular formula is C14H7BrN4O2. The van der Waals surface area contributed by atoms with Crippen LogP contribution in [0.15, 0.2) is 40.0 Å². The lowest BCUT2D eigenvalue weighted by Gasteiger charge is -2.09. The highest BCUT2D eigenvalue weighted by Gasteiger charge is 2.09. The molecule has 102 valence electrons. The number of rotatable bonds is 4. The van der Waals surface area contributed by atoms with Crippen LogP contribution in [0.1, 0.15) is 5.56 Å². The minimum Gasteiger partial charge on any atom is -0.478 e. The minimum atomic E-state index is -1.12. The fraction of sp³-hybridized carbons (Fsp3) is 0. The zero-order valence-corrected chi connectivity index (χ0v) is 12.0. The number of carbonyl (C=O) groups is 1. The Morgan fingerprint density at radius 2 is 1.90 bits per heavy atom. The Hall–Kier alpha value is -3.08. The number of anilines is 1. The Morgan fingerprint density at radius 1 is 1.24 bits per heavy atom. The quantitative estimate of drug-likeness (QED) is 0.640. The Balaban J connectivity index is 3.31. The molecule has 0 saturated carbocycles. The second-order valence-electron chi connectivity index (χ2n) is 3.61. The van der Waals surface area contributed by atoms with E-state index in [-0.39, 0.29) is 11.3 Å². The van der Waals surface area contributed by atoms with E-state index in [0.717, 1.165) is 6.08 Å². The number of carboxylic acid groups (broad SMARTS) is 1. The van der Waals surface area contributed by atoms with Crippen LogP contribution < -0.4 is 5.32 Å². The fourth-order valence-corrected chi connectivity index (χ4v) is 1.72. The Bertz CT molecular complexity index is 745. The van der Waals surface area contributed by atoms with E-state index in [1.54, 1.807) is 36.4 Å². The molecular weight excluding hydrogens is 336 g/mol. The van der Waals surface area contributed by atoms with E-state index in [9.17, 15) is 4.79 Å². The number of aliphatic carboxylic acids is 1. The van der Waals surface area contributed by atoms with Crippen molar-refractivity contribution in [1.29, 1.82) is 15.8 Å². The molecule has 0 aliphatic rings. The number of hydrogen-bond donors (Lipinski definition) is 2. The predicted molar refractivity (Wildman–Crippen MR) is 78.3 cm³/mol. The maximum Gasteiger partial charge on any atom is 0.328 e. The number of nitrogens with zero attached hydrogens (tertiary/aromatic N) is 3. The zero-order chi connectivity index (χ0) is 15.8. The molecule has 6 nitrogen and oxygen atoms in total. The number of halogens is 1. The van der Waals surface area contributed by atoms with Crippen molar-refractivity contribution < 1.29 is 9.90 Å². The smallest absolute Gasteiger partial charge is 0.328 e. The second kappa shape index (κ2) is 7.49. The standard InChI is InChI=1S/C14H7BrN4O2/c15-11-3-1-9(2-4-14(20)21)12(5-11)19-13(8-18)10(6-16)7-17/h1-5,19H,(H,20,21). The highest BCUT2D eigenvalue weighted by atomic mass is 79.9. The van der Waals surface area contributed by atoms with E-state index in [1.165, 1.54) is 6.08 Å². The van der Waals surface area contributed by atoms with Crippen molar-refractivity contribution in [3.8, 4) is 18.2 Å². The van der Waals surface area contributed by atoms with Crippen LogP contribution in [0.3, 0.4) is 0 Å². The second-order valence-corrected chi connectivity index (χ2v) is 4.53. The van der Waals surface area contributed by atoms with Crippen LogP contribution in [0.5, 0.6) is 0 Å². The fourth-order valence-electron chi connectivity index (χ4n) is 1.36. The largest absolute Gasteiger partial charge is 0.478 e. The first-order valence-corrected chi connectivity index (χ1v) is 6.23. The van der Waals surface area contributed by atoms with Crippen LogP contribution in [-0.4, -0.2) is 11.1 Å². The third-order valence-corrected chi connectivity index (χ3v) is 2.76. The summed E-state index contributed by atoms with van der Waals surface area (Å²) in [7, 11) is 0. The highest BCUT2D eigenvalue weighted by Crippen LogP contribution is 2.24. The Kier molecular flexibility index (Phi) is 5.70. The minimum absolute atomic E-state index is 0.205. The van der Waals surface area contributed by atoms with Gasteiger partial charge < -0.3 is 10.4 Å². The lowest BCUT2D eigenvalue weighted by atomic mass is 10.1. The van der Waals surface area contributed by atoms with Crippen molar-refractivity contribution in [2.24, 2.45) is 0 Å². The molecule has 0 unspecified atom stereocenters. The van der Waals surface area contributed by atoms with Crippen LogP contribution in [0, 0.1) is 34.0 Å². The molecule has 0 bridgehead atoms. The molecule has 0 fully saturated rings. The first kappa shape index (κ1) is 16.0. The summed E-state index contributed by atoms with van der Waals surface area (Å²) in [5.41, 5.74) is 0.318. The molecule has 2 N–H and O–H groups in total. The number of hydrogen-bond acceptors (Lipinski definition) is 5. The maximum atomic E-state index is 10.6. The molecule has 0 heterocycles. The molecule has 1 rings (SSSR count). The summed E-state index contributed by atoms with van der Waals surface area (Å²) >= 11 is 3.25. The van der Waals surface area contributed by atoms with Gasteiger partial charge >= 0.3 is 5.97 Å². The molecule has 0 aliphatic heterocycles. The van der Waals surface area contributed by atoms with Crippen molar-refractivity contribution in [2.75, 3.05) is 5.32 Å². The first-order chi connectivity index (χ1) is 10.0. The molecule has 21 heavy (non-hydrogen) atoms. The lowest BCUT2D eigenvalue weighted by Crippen LogP contribution is -2.02. The average Bonchev–Trinajstić information content (AvgIpc) is 2.46. The molecule has 0 amide bonds. The van der Waals surface area contributed by atoms with Gasteiger partial charge in [-0.2, -0.15) is 15.8 Å². The maximum absolute atomic E-state index is 10.6. The lowest BCUT2D eigenvalue weighted by molar-refractivity contribution is -0.131. The van der Waals surface area contributed by atoms with Crippen LogP contribution in [0.25, 0.3) is 6.08 Å². The number of carboxylic acids is 1. The van der Waals surface area contributed by atoms with Gasteiger partial charge in [0.1, 0.15) is 23.9 Å². The number of nitrogens with one attached hydrogen (secondary N) is 1. The van der Waals surface area contributed by atoms with E-state index in [0.29, 0.717) is 15.7 Å². The van der Waals surface area contributed by atoms with Crippen molar-refractivity contribution in [3.05, 3.63) is 45.6 Å². The third-order valence-electron chi connectivity index (χ3n) is 2.27. The molecule has 1 aromatic carbocycles. The van der Waals surface area contributed by atoms with Gasteiger partial charge in [-0.05, 0) is 23.8 Å². The summed E-state index contributed by atoms with van der Waals surface area (Å²) in [6.45, 7) is 0. The van der Waals surface area contributed by atoms with Crippen LogP contribution >= 0.6 is 15.9 Å². The van der Waals surface area contributed by atoms with Crippen molar-refractivity contribution in [3.63, 3.8) is 0 Å². The molecule has 0 saturated heterocycles. The van der Waals surface area contributed by atoms with Crippen molar-refractivity contribution in [2.45, 2.75) is 0 Å². The van der Waals surface area contributed by atoms with Gasteiger partial charge in [0.2, 0.25) is 0 Å². The molecule has 0 aromatic heterocycles. The summed E-state index contributed by atoms with van der Waals surface area (Å²) in [4.78, 5) is 10.6. The average molecular weight is 343 g/mol. The van der Waals surface area contributed by atoms with E-state index in [4.69, 9.17) is 20.9 Å². The summed E-state index contributed by atoms with van der Waals surface area (Å²) in [6, 6.07) is 9.88. The van der Waals surface area contributed by atoms with Gasteiger partial charge in [0.25, 0.3) is 0 Å². The molecule has 1 aromatic rings. The summed E-state index contributed by atoms with van der Waals surface area (Å²) in [5.74, 6) is -1.12. The number of benzene rings is 1. The normalized spacial score (nSPS) is 9.24. The Labute approximate surface area is 129 Å². The van der Waals surface area contributed by atoms with Gasteiger partial charge in [0.05, 0.1) is 0 Å². The Morgan fingerprint density at radius 3 is 2.43 bits per heavy atom. The highest BCUT2D eigenvalue weighted by molar-refractivity contribution is 9.10. The van der Waals surface area contributed by atoms with Gasteiger partial charge in [-0.3, -0.25) is 0 Å². The monoisotopic (exact) mass is 342 g/mol. The number of allylic oxidation sites excluding steroid dienone is 2. The summed E-state index contributed by atoms with van der Waals surface area (Å²) < 4.78 is 0.685. The van der Waals surface area contributed by atoms with Crippen molar-refractivity contribution >= 4 is 33.7 Å². The summed E-state index contributed by atoms with van der Waals surface area (Å²) in [6.07, 6.45) is 2.28. The number of nitriles is 3. The van der Waals surface area contributed by atoms with Gasteiger partial charge in [0, 0.05) is 16.2 Å². The molecule has 0 atom stereocenters. The van der Waals surface area contributed by atoms with Crippen LogP contribution in [0.4, 0.5) is 5.69 Å². The van der Waals surface area contributed by atoms with Crippen molar-refractivity contribution in [1.82, 2.24) is 0 Å². The van der Waals surface area contributed by atoms with E-state index >= 15 is 0 Å². The molecule has 0 aliphatic carbocycles. The van der Waals surface area contributed by atoms with Gasteiger partial charge in [-0.1, -0.05) is 22.0 Å². The molecule has 0 radical (unpaired) electrons. The van der Waals surface area contributed by atoms with Gasteiger partial charge in [-0.25, -0.2) is 4.79 Å². The molecule has 7 heteroatoms. The zero-order valence-electron chi connectivity index (χ0n) is 10.5. The summed E-state index contributed by atoms with van der Waals surface area (Å²) in [5, 5.41) is 37.9. The predicted octanol–water partition coefficient (Wildman–Crippen LogP) is 2.78. The molecule has 0 spiro atoms. The van der Waals surface area contributed by atoms with Gasteiger partial charge in [0.15, 0.2) is 5.57 Å². The van der Waals surface area contributed by atoms with E-state index < -0.39 is 5.97 Å². The van der Waals surface area contributed by atoms with Crippen LogP contribution in [-0.2, 0) is 4.79 Å². The third kappa shape index (κ3) is 4.50.